The second-order valence-electron chi connectivity index (χ2n) is 5.69. The fraction of sp³-hybridized carbons (Fsp3) is 0.750. The smallest absolute Gasteiger partial charge is 0.191 e. The second-order valence-corrected chi connectivity index (χ2v) is 7.10. The molecule has 0 saturated carbocycles. The Bertz CT molecular complexity index is 461. The minimum Gasteiger partial charge on any atom is -0.361 e. The van der Waals surface area contributed by atoms with Gasteiger partial charge in [-0.15, -0.1) is 0 Å². The van der Waals surface area contributed by atoms with E-state index in [2.05, 4.69) is 34.5 Å². The highest BCUT2D eigenvalue weighted by Gasteiger charge is 2.15. The Kier molecular flexibility index (Phi) is 7.09. The molecule has 2 rings (SSSR count). The average Bonchev–Trinajstić information content (AvgIpc) is 3.13. The predicted octanol–water partition coefficient (Wildman–Crippen LogP) is 2.67. The molecule has 1 saturated heterocycles. The molecule has 1 aliphatic rings. The van der Waals surface area contributed by atoms with Gasteiger partial charge in [0.25, 0.3) is 0 Å². The van der Waals surface area contributed by atoms with E-state index in [1.165, 1.54) is 24.2 Å². The summed E-state index contributed by atoms with van der Waals surface area (Å²) in [5, 5.41) is 11.5. The quantitative estimate of drug-likeness (QED) is 0.459. The number of nitrogens with one attached hydrogen (secondary N) is 2. The molecule has 1 aromatic heterocycles. The molecular weight excluding hydrogens is 296 g/mol. The van der Waals surface area contributed by atoms with Crippen molar-refractivity contribution in [2.45, 2.75) is 51.7 Å². The zero-order chi connectivity index (χ0) is 15.8. The van der Waals surface area contributed by atoms with E-state index in [0.717, 1.165) is 49.9 Å². The molecule has 2 N–H and O–H groups in total. The van der Waals surface area contributed by atoms with Gasteiger partial charge < -0.3 is 15.2 Å². The number of aliphatic imine (C=N–C) groups is 1. The summed E-state index contributed by atoms with van der Waals surface area (Å²) in [4.78, 5) is 4.71. The van der Waals surface area contributed by atoms with Crippen LogP contribution in [-0.4, -0.2) is 41.8 Å². The highest BCUT2D eigenvalue weighted by molar-refractivity contribution is 8.00. The van der Waals surface area contributed by atoms with Crippen molar-refractivity contribution in [2.24, 2.45) is 4.99 Å². The molecule has 0 bridgehead atoms. The lowest BCUT2D eigenvalue weighted by atomic mass is 10.1. The Morgan fingerprint density at radius 1 is 1.41 bits per heavy atom. The van der Waals surface area contributed by atoms with Crippen LogP contribution < -0.4 is 10.6 Å². The van der Waals surface area contributed by atoms with Crippen molar-refractivity contribution >= 4 is 17.7 Å². The SMILES string of the molecule is CCNC(=NCC1CCCS1)NCCCc1c(C)noc1C. The molecule has 1 aliphatic heterocycles. The molecule has 1 atom stereocenters. The van der Waals surface area contributed by atoms with Crippen LogP contribution in [0.4, 0.5) is 0 Å². The summed E-state index contributed by atoms with van der Waals surface area (Å²) >= 11 is 2.05. The Morgan fingerprint density at radius 2 is 2.27 bits per heavy atom. The summed E-state index contributed by atoms with van der Waals surface area (Å²) < 4.78 is 5.20. The Balaban J connectivity index is 1.72. The number of aromatic nitrogens is 1. The number of rotatable bonds is 7. The molecule has 0 amide bonds. The normalized spacial score (nSPS) is 18.7. The molecule has 1 aromatic rings. The second kappa shape index (κ2) is 9.08. The molecule has 0 aromatic carbocycles. The molecule has 6 heteroatoms. The third-order valence-corrected chi connectivity index (χ3v) is 5.28. The van der Waals surface area contributed by atoms with Crippen molar-refractivity contribution in [1.29, 1.82) is 0 Å². The monoisotopic (exact) mass is 324 g/mol. The Morgan fingerprint density at radius 3 is 2.91 bits per heavy atom. The van der Waals surface area contributed by atoms with Crippen molar-refractivity contribution in [3.8, 4) is 0 Å². The van der Waals surface area contributed by atoms with Crippen LogP contribution in [0.15, 0.2) is 9.52 Å². The van der Waals surface area contributed by atoms with Crippen molar-refractivity contribution in [2.75, 3.05) is 25.4 Å². The maximum atomic E-state index is 5.20. The van der Waals surface area contributed by atoms with Crippen LogP contribution in [0.25, 0.3) is 0 Å². The largest absolute Gasteiger partial charge is 0.361 e. The number of nitrogens with zero attached hydrogens (tertiary/aromatic N) is 2. The summed E-state index contributed by atoms with van der Waals surface area (Å²) in [6, 6.07) is 0. The molecule has 0 spiro atoms. The zero-order valence-corrected chi connectivity index (χ0v) is 14.8. The van der Waals surface area contributed by atoms with Crippen LogP contribution in [0.1, 0.15) is 43.2 Å². The minimum atomic E-state index is 0.706. The van der Waals surface area contributed by atoms with Gasteiger partial charge in [0.2, 0.25) is 0 Å². The molecule has 0 radical (unpaired) electrons. The lowest BCUT2D eigenvalue weighted by Crippen LogP contribution is -2.38. The molecule has 1 unspecified atom stereocenters. The molecule has 22 heavy (non-hydrogen) atoms. The summed E-state index contributed by atoms with van der Waals surface area (Å²) in [5.74, 6) is 3.17. The van der Waals surface area contributed by atoms with Crippen molar-refractivity contribution in [1.82, 2.24) is 15.8 Å². The Labute approximate surface area is 137 Å². The van der Waals surface area contributed by atoms with Gasteiger partial charge in [-0.05, 0) is 52.2 Å². The van der Waals surface area contributed by atoms with Gasteiger partial charge in [0.15, 0.2) is 5.96 Å². The van der Waals surface area contributed by atoms with Crippen LogP contribution in [0.3, 0.4) is 0 Å². The number of thioether (sulfide) groups is 1. The van der Waals surface area contributed by atoms with Gasteiger partial charge in [-0.25, -0.2) is 0 Å². The number of aryl methyl sites for hydroxylation is 2. The van der Waals surface area contributed by atoms with Crippen molar-refractivity contribution in [3.05, 3.63) is 17.0 Å². The summed E-state index contributed by atoms with van der Waals surface area (Å²) in [6.45, 7) is 8.81. The highest BCUT2D eigenvalue weighted by atomic mass is 32.2. The number of guanidine groups is 1. The van der Waals surface area contributed by atoms with Crippen LogP contribution in [0.5, 0.6) is 0 Å². The first-order valence-corrected chi connectivity index (χ1v) is 9.31. The van der Waals surface area contributed by atoms with E-state index in [1.807, 2.05) is 13.8 Å². The van der Waals surface area contributed by atoms with Gasteiger partial charge in [0.1, 0.15) is 5.76 Å². The first-order valence-electron chi connectivity index (χ1n) is 8.26. The van der Waals surface area contributed by atoms with E-state index in [0.29, 0.717) is 5.25 Å². The van der Waals surface area contributed by atoms with E-state index in [1.54, 1.807) is 0 Å². The van der Waals surface area contributed by atoms with Gasteiger partial charge in [-0.1, -0.05) is 5.16 Å². The molecule has 124 valence electrons. The first kappa shape index (κ1) is 17.2. The van der Waals surface area contributed by atoms with Crippen LogP contribution in [0, 0.1) is 13.8 Å². The van der Waals surface area contributed by atoms with Gasteiger partial charge in [0, 0.05) is 23.9 Å². The molecular formula is C16H28N4OS. The highest BCUT2D eigenvalue weighted by Crippen LogP contribution is 2.25. The minimum absolute atomic E-state index is 0.706. The van der Waals surface area contributed by atoms with Gasteiger partial charge >= 0.3 is 0 Å². The Hall–Kier alpha value is -1.17. The molecule has 2 heterocycles. The maximum Gasteiger partial charge on any atom is 0.191 e. The molecule has 0 aliphatic carbocycles. The topological polar surface area (TPSA) is 62.5 Å². The van der Waals surface area contributed by atoms with Crippen LogP contribution in [-0.2, 0) is 6.42 Å². The van der Waals surface area contributed by atoms with E-state index >= 15 is 0 Å². The van der Waals surface area contributed by atoms with Crippen LogP contribution in [0.2, 0.25) is 0 Å². The summed E-state index contributed by atoms with van der Waals surface area (Å²) in [5.41, 5.74) is 2.25. The van der Waals surface area contributed by atoms with E-state index in [4.69, 9.17) is 9.52 Å². The van der Waals surface area contributed by atoms with Crippen LogP contribution >= 0.6 is 11.8 Å². The molecule has 1 fully saturated rings. The summed E-state index contributed by atoms with van der Waals surface area (Å²) in [6.07, 6.45) is 4.68. The summed E-state index contributed by atoms with van der Waals surface area (Å²) in [7, 11) is 0. The van der Waals surface area contributed by atoms with Gasteiger partial charge in [-0.3, -0.25) is 4.99 Å². The number of hydrogen-bond acceptors (Lipinski definition) is 4. The van der Waals surface area contributed by atoms with Gasteiger partial charge in [0.05, 0.1) is 12.2 Å². The standard InChI is InChI=1S/C16H28N4OS/c1-4-17-16(19-11-14-7-6-10-22-14)18-9-5-8-15-12(2)20-21-13(15)3/h14H,4-11H2,1-3H3,(H2,17,18,19). The maximum absolute atomic E-state index is 5.20. The van der Waals surface area contributed by atoms with E-state index < -0.39 is 0 Å². The van der Waals surface area contributed by atoms with Crippen molar-refractivity contribution in [3.63, 3.8) is 0 Å². The first-order chi connectivity index (χ1) is 10.7. The number of hydrogen-bond donors (Lipinski definition) is 2. The zero-order valence-electron chi connectivity index (χ0n) is 13.9. The van der Waals surface area contributed by atoms with Gasteiger partial charge in [-0.2, -0.15) is 11.8 Å². The average molecular weight is 324 g/mol. The third kappa shape index (κ3) is 5.23. The fourth-order valence-electron chi connectivity index (χ4n) is 2.65. The van der Waals surface area contributed by atoms with E-state index in [-0.39, 0.29) is 0 Å². The lowest BCUT2D eigenvalue weighted by molar-refractivity contribution is 0.392. The third-order valence-electron chi connectivity index (χ3n) is 3.90. The fourth-order valence-corrected chi connectivity index (χ4v) is 3.83. The molecule has 5 nitrogen and oxygen atoms in total. The lowest BCUT2D eigenvalue weighted by Gasteiger charge is -2.12. The predicted molar refractivity (Wildman–Crippen MR) is 93.8 cm³/mol. The van der Waals surface area contributed by atoms with E-state index in [9.17, 15) is 0 Å². The van der Waals surface area contributed by atoms with Crippen molar-refractivity contribution < 1.29 is 4.52 Å².